The van der Waals surface area contributed by atoms with E-state index in [0.29, 0.717) is 19.3 Å². The highest BCUT2D eigenvalue weighted by atomic mass is 16.4. The zero-order chi connectivity index (χ0) is 42.6. The van der Waals surface area contributed by atoms with Crippen molar-refractivity contribution in [2.24, 2.45) is 35.3 Å². The van der Waals surface area contributed by atoms with Crippen LogP contribution in [0.15, 0.2) is 0 Å². The predicted molar refractivity (Wildman–Crippen MR) is 214 cm³/mol. The maximum absolute atomic E-state index is 13.4. The van der Waals surface area contributed by atoms with E-state index in [1.54, 1.807) is 27.7 Å². The Morgan fingerprint density at radius 2 is 0.945 bits per heavy atom. The standard InChI is InChI=1S/C40H75N7O8/c1-13-25(8)33(21-38(52)43-27(10)17-35(49)46-31(15-23(4)5)19-39(53)54)47-40(55)28(11)29(12)44-36(50)18-30(14-22(2)3)45-34(48)16-26(9)42-37(51)20-32(41)24(6)7/h22-33H,13-21,41H2,1-12H3,(H,42,51)(H,43,52)(H,44,50)(H,45,48)(H,46,49)(H,47,55)(H,53,54)/t25?,26-,27-,28-,29-,30-,31-,32-,33-/m0/s1. The second-order valence-electron chi connectivity index (χ2n) is 16.9. The number of aliphatic carboxylic acids is 1. The summed E-state index contributed by atoms with van der Waals surface area (Å²) >= 11 is 0. The molecule has 0 spiro atoms. The molecule has 0 heterocycles. The fraction of sp³-hybridized carbons (Fsp3) is 0.825. The maximum atomic E-state index is 13.4. The minimum atomic E-state index is -0.998. The van der Waals surface area contributed by atoms with Gasteiger partial charge in [-0.3, -0.25) is 33.6 Å². The van der Waals surface area contributed by atoms with Crippen molar-refractivity contribution in [1.29, 1.82) is 0 Å². The van der Waals surface area contributed by atoms with Crippen molar-refractivity contribution >= 4 is 41.4 Å². The topological polar surface area (TPSA) is 238 Å². The summed E-state index contributed by atoms with van der Waals surface area (Å²) in [7, 11) is 0. The predicted octanol–water partition coefficient (Wildman–Crippen LogP) is 3.14. The number of rotatable bonds is 27. The molecular weight excluding hydrogens is 706 g/mol. The van der Waals surface area contributed by atoms with Crippen LogP contribution < -0.4 is 37.6 Å². The van der Waals surface area contributed by atoms with Gasteiger partial charge in [0.25, 0.3) is 0 Å². The van der Waals surface area contributed by atoms with Gasteiger partial charge >= 0.3 is 5.97 Å². The summed E-state index contributed by atoms with van der Waals surface area (Å²) in [5.41, 5.74) is 6.00. The Kier molecular flexibility index (Phi) is 24.4. The molecule has 0 saturated heterocycles. The fourth-order valence-corrected chi connectivity index (χ4v) is 6.17. The van der Waals surface area contributed by atoms with Crippen LogP contribution in [0, 0.1) is 29.6 Å². The van der Waals surface area contributed by atoms with E-state index in [0.717, 1.165) is 0 Å². The van der Waals surface area contributed by atoms with Gasteiger partial charge in [-0.15, -0.1) is 0 Å². The molecule has 0 aromatic rings. The van der Waals surface area contributed by atoms with Gasteiger partial charge in [-0.05, 0) is 57.3 Å². The molecule has 0 aromatic heterocycles. The van der Waals surface area contributed by atoms with Crippen molar-refractivity contribution < 1.29 is 38.7 Å². The Labute approximate surface area is 330 Å². The zero-order valence-corrected chi connectivity index (χ0v) is 35.7. The van der Waals surface area contributed by atoms with E-state index in [1.165, 1.54) is 0 Å². The highest BCUT2D eigenvalue weighted by Crippen LogP contribution is 2.15. The number of hydrogen-bond donors (Lipinski definition) is 8. The van der Waals surface area contributed by atoms with Crippen molar-refractivity contribution in [1.82, 2.24) is 31.9 Å². The average Bonchev–Trinajstić information content (AvgIpc) is 3.01. The fourth-order valence-electron chi connectivity index (χ4n) is 6.17. The summed E-state index contributed by atoms with van der Waals surface area (Å²) in [6.07, 6.45) is 1.77. The summed E-state index contributed by atoms with van der Waals surface area (Å²) in [6, 6.07) is -3.22. The lowest BCUT2D eigenvalue weighted by Crippen LogP contribution is -2.50. The monoisotopic (exact) mass is 782 g/mol. The van der Waals surface area contributed by atoms with Crippen molar-refractivity contribution in [3.8, 4) is 0 Å². The molecule has 318 valence electrons. The third kappa shape index (κ3) is 23.7. The van der Waals surface area contributed by atoms with Crippen LogP contribution in [-0.2, 0) is 33.6 Å². The van der Waals surface area contributed by atoms with Crippen molar-refractivity contribution in [3.63, 3.8) is 0 Å². The average molecular weight is 782 g/mol. The molecule has 15 nitrogen and oxygen atoms in total. The number of carbonyl (C=O) groups is 7. The minimum absolute atomic E-state index is 0.0103. The summed E-state index contributed by atoms with van der Waals surface area (Å²) in [4.78, 5) is 88.7. The first-order chi connectivity index (χ1) is 25.4. The molecule has 9 atom stereocenters. The quantitative estimate of drug-likeness (QED) is 0.0610. The molecule has 9 N–H and O–H groups in total. The van der Waals surface area contributed by atoms with Crippen LogP contribution in [-0.4, -0.2) is 88.8 Å². The first kappa shape index (κ1) is 51.2. The minimum Gasteiger partial charge on any atom is -0.481 e. The van der Waals surface area contributed by atoms with E-state index in [9.17, 15) is 38.7 Å². The molecular formula is C40H75N7O8. The highest BCUT2D eigenvalue weighted by Gasteiger charge is 2.29. The van der Waals surface area contributed by atoms with Gasteiger partial charge in [-0.25, -0.2) is 0 Å². The van der Waals surface area contributed by atoms with Gasteiger partial charge in [0.15, 0.2) is 0 Å². The number of carboxylic acids is 1. The normalized spacial score (nSPS) is 16.4. The summed E-state index contributed by atoms with van der Waals surface area (Å²) < 4.78 is 0. The molecule has 0 saturated carbocycles. The van der Waals surface area contributed by atoms with Crippen molar-refractivity contribution in [2.75, 3.05) is 0 Å². The zero-order valence-electron chi connectivity index (χ0n) is 35.7. The molecule has 15 heteroatoms. The molecule has 55 heavy (non-hydrogen) atoms. The molecule has 0 bridgehead atoms. The van der Waals surface area contributed by atoms with Crippen molar-refractivity contribution in [3.05, 3.63) is 0 Å². The Hall–Kier alpha value is -3.75. The third-order valence-corrected chi connectivity index (χ3v) is 9.79. The molecule has 1 unspecified atom stereocenters. The third-order valence-electron chi connectivity index (χ3n) is 9.79. The Bertz CT molecular complexity index is 1240. The van der Waals surface area contributed by atoms with E-state index < -0.39 is 48.1 Å². The molecule has 0 aliphatic carbocycles. The van der Waals surface area contributed by atoms with Gasteiger partial charge in [0.05, 0.1) is 12.3 Å². The van der Waals surface area contributed by atoms with E-state index in [1.807, 2.05) is 55.4 Å². The number of carbonyl (C=O) groups excluding carboxylic acids is 6. The number of nitrogens with two attached hydrogens (primary N) is 1. The van der Waals surface area contributed by atoms with E-state index in [-0.39, 0.29) is 104 Å². The summed E-state index contributed by atoms with van der Waals surface area (Å²) in [5, 5.41) is 26.4. The van der Waals surface area contributed by atoms with Gasteiger partial charge in [0.1, 0.15) is 0 Å². The largest absolute Gasteiger partial charge is 0.481 e. The number of hydrogen-bond acceptors (Lipinski definition) is 8. The van der Waals surface area contributed by atoms with Crippen LogP contribution >= 0.6 is 0 Å². The first-order valence-corrected chi connectivity index (χ1v) is 20.2. The summed E-state index contributed by atoms with van der Waals surface area (Å²) in [5.74, 6) is -3.00. The first-order valence-electron chi connectivity index (χ1n) is 20.2. The lowest BCUT2D eigenvalue weighted by atomic mass is 9.94. The van der Waals surface area contributed by atoms with Gasteiger partial charge in [0, 0.05) is 74.4 Å². The van der Waals surface area contributed by atoms with Crippen LogP contribution in [0.4, 0.5) is 0 Å². The number of carboxylic acid groups (broad SMARTS) is 1. The van der Waals surface area contributed by atoms with Crippen molar-refractivity contribution in [2.45, 2.75) is 183 Å². The van der Waals surface area contributed by atoms with E-state index in [2.05, 4.69) is 31.9 Å². The Balaban J connectivity index is 5.23. The smallest absolute Gasteiger partial charge is 0.305 e. The second kappa shape index (κ2) is 26.2. The van der Waals surface area contributed by atoms with E-state index in [4.69, 9.17) is 5.73 Å². The molecule has 0 fully saturated rings. The molecule has 0 rings (SSSR count). The SMILES string of the molecule is CCC(C)[C@H](CC(=O)N[C@@H](C)CC(=O)N[C@H](CC(=O)O)CC(C)C)NC(=O)[C@@H](C)[C@H](C)NC(=O)C[C@H](CC(C)C)NC(=O)C[C@H](C)NC(=O)C[C@H](N)C(C)C. The summed E-state index contributed by atoms with van der Waals surface area (Å²) in [6.45, 7) is 22.5. The van der Waals surface area contributed by atoms with Gasteiger partial charge in [-0.1, -0.05) is 68.7 Å². The molecule has 0 radical (unpaired) electrons. The van der Waals surface area contributed by atoms with Crippen LogP contribution in [0.3, 0.4) is 0 Å². The van der Waals surface area contributed by atoms with Crippen LogP contribution in [0.1, 0.15) is 141 Å². The van der Waals surface area contributed by atoms with E-state index >= 15 is 0 Å². The van der Waals surface area contributed by atoms with Gasteiger partial charge in [0.2, 0.25) is 35.4 Å². The van der Waals surface area contributed by atoms with Crippen LogP contribution in [0.2, 0.25) is 0 Å². The maximum Gasteiger partial charge on any atom is 0.305 e. The Morgan fingerprint density at radius 1 is 0.527 bits per heavy atom. The second-order valence-corrected chi connectivity index (χ2v) is 16.9. The highest BCUT2D eigenvalue weighted by molar-refractivity contribution is 5.84. The van der Waals surface area contributed by atoms with Gasteiger partial charge in [-0.2, -0.15) is 0 Å². The lowest BCUT2D eigenvalue weighted by molar-refractivity contribution is -0.138. The molecule has 0 aromatic carbocycles. The number of amides is 6. The molecule has 6 amide bonds. The molecule has 0 aliphatic rings. The lowest BCUT2D eigenvalue weighted by Gasteiger charge is -2.28. The molecule has 0 aliphatic heterocycles. The van der Waals surface area contributed by atoms with Crippen LogP contribution in [0.25, 0.3) is 0 Å². The van der Waals surface area contributed by atoms with Crippen LogP contribution in [0.5, 0.6) is 0 Å². The number of nitrogens with one attached hydrogen (secondary N) is 6. The Morgan fingerprint density at radius 3 is 1.36 bits per heavy atom. The van der Waals surface area contributed by atoms with Gasteiger partial charge < -0.3 is 42.7 Å².